The molecule has 0 saturated heterocycles. The smallest absolute Gasteiger partial charge is 0.251 e. The van der Waals surface area contributed by atoms with E-state index in [-0.39, 0.29) is 17.3 Å². The SMILES string of the molecule is Cc1c(Br)cccc1C(=O)NC1CCCCCC1Cl. The molecule has 0 aliphatic heterocycles. The molecular weight excluding hydrogens is 326 g/mol. The van der Waals surface area contributed by atoms with Crippen molar-refractivity contribution in [2.45, 2.75) is 50.4 Å². The summed E-state index contributed by atoms with van der Waals surface area (Å²) in [5.74, 6) is -0.0173. The Morgan fingerprint density at radius 1 is 1.32 bits per heavy atom. The molecular formula is C15H19BrClNO. The molecule has 1 fully saturated rings. The normalized spacial score (nSPS) is 23.7. The highest BCUT2D eigenvalue weighted by molar-refractivity contribution is 9.10. The van der Waals surface area contributed by atoms with Gasteiger partial charge in [-0.05, 0) is 37.5 Å². The summed E-state index contributed by atoms with van der Waals surface area (Å²) in [7, 11) is 0. The second-order valence-corrected chi connectivity index (χ2v) is 6.56. The average Bonchev–Trinajstić information content (AvgIpc) is 2.58. The van der Waals surface area contributed by atoms with Gasteiger partial charge in [-0.2, -0.15) is 0 Å². The number of carbonyl (C=O) groups excluding carboxylic acids is 1. The van der Waals surface area contributed by atoms with E-state index in [1.807, 2.05) is 25.1 Å². The molecule has 0 aromatic heterocycles. The number of hydrogen-bond donors (Lipinski definition) is 1. The lowest BCUT2D eigenvalue weighted by Gasteiger charge is -2.21. The van der Waals surface area contributed by atoms with E-state index in [2.05, 4.69) is 21.2 Å². The number of rotatable bonds is 2. The number of halogens is 2. The number of hydrogen-bond acceptors (Lipinski definition) is 1. The summed E-state index contributed by atoms with van der Waals surface area (Å²) in [6, 6.07) is 5.78. The van der Waals surface area contributed by atoms with Gasteiger partial charge < -0.3 is 5.32 Å². The van der Waals surface area contributed by atoms with Gasteiger partial charge in [0.2, 0.25) is 0 Å². The standard InChI is InChI=1S/C15H19BrClNO/c1-10-11(6-5-7-12(10)16)15(19)18-14-9-4-2-3-8-13(14)17/h5-7,13-14H,2-4,8-9H2,1H3,(H,18,19). The van der Waals surface area contributed by atoms with Crippen molar-refractivity contribution in [1.82, 2.24) is 5.32 Å². The maximum absolute atomic E-state index is 12.4. The van der Waals surface area contributed by atoms with Crippen LogP contribution in [0.5, 0.6) is 0 Å². The summed E-state index contributed by atoms with van der Waals surface area (Å²) in [5.41, 5.74) is 1.70. The zero-order valence-electron chi connectivity index (χ0n) is 11.1. The predicted octanol–water partition coefficient (Wildman–Crippen LogP) is 4.43. The van der Waals surface area contributed by atoms with Crippen molar-refractivity contribution >= 4 is 33.4 Å². The van der Waals surface area contributed by atoms with Crippen molar-refractivity contribution in [1.29, 1.82) is 0 Å². The molecule has 2 atom stereocenters. The summed E-state index contributed by atoms with van der Waals surface area (Å²) >= 11 is 9.82. The molecule has 1 N–H and O–H groups in total. The second-order valence-electron chi connectivity index (χ2n) is 5.15. The largest absolute Gasteiger partial charge is 0.348 e. The molecule has 104 valence electrons. The maximum Gasteiger partial charge on any atom is 0.251 e. The number of benzene rings is 1. The Morgan fingerprint density at radius 2 is 2.05 bits per heavy atom. The summed E-state index contributed by atoms with van der Waals surface area (Å²) < 4.78 is 0.962. The van der Waals surface area contributed by atoms with Crippen LogP contribution in [-0.2, 0) is 0 Å². The molecule has 1 aliphatic rings. The number of amides is 1. The summed E-state index contributed by atoms with van der Waals surface area (Å²) in [6.07, 6.45) is 5.49. The first-order valence-electron chi connectivity index (χ1n) is 6.79. The Morgan fingerprint density at radius 3 is 2.84 bits per heavy atom. The van der Waals surface area contributed by atoms with Crippen LogP contribution in [0.2, 0.25) is 0 Å². The highest BCUT2D eigenvalue weighted by Crippen LogP contribution is 2.24. The molecule has 0 spiro atoms. The molecule has 1 aromatic carbocycles. The molecule has 2 rings (SSSR count). The van der Waals surface area contributed by atoms with E-state index in [0.717, 1.165) is 41.3 Å². The van der Waals surface area contributed by atoms with Crippen LogP contribution in [0.25, 0.3) is 0 Å². The lowest BCUT2D eigenvalue weighted by molar-refractivity contribution is 0.0933. The first-order chi connectivity index (χ1) is 9.09. The molecule has 4 heteroatoms. The van der Waals surface area contributed by atoms with Gasteiger partial charge in [0.1, 0.15) is 0 Å². The zero-order chi connectivity index (χ0) is 13.8. The van der Waals surface area contributed by atoms with E-state index in [1.165, 1.54) is 6.42 Å². The van der Waals surface area contributed by atoms with Gasteiger partial charge in [-0.25, -0.2) is 0 Å². The molecule has 1 aliphatic carbocycles. The molecule has 0 heterocycles. The molecule has 2 nitrogen and oxygen atoms in total. The third-order valence-corrected chi connectivity index (χ3v) is 5.14. The molecule has 0 bridgehead atoms. The molecule has 0 radical (unpaired) electrons. The van der Waals surface area contributed by atoms with E-state index in [9.17, 15) is 4.79 Å². The number of carbonyl (C=O) groups is 1. The summed E-state index contributed by atoms with van der Waals surface area (Å²) in [6.45, 7) is 1.95. The van der Waals surface area contributed by atoms with Gasteiger partial charge in [0.25, 0.3) is 5.91 Å². The van der Waals surface area contributed by atoms with Crippen LogP contribution in [0, 0.1) is 6.92 Å². The Kier molecular flexibility index (Phi) is 5.28. The third-order valence-electron chi connectivity index (χ3n) is 3.76. The van der Waals surface area contributed by atoms with Crippen molar-refractivity contribution in [3.63, 3.8) is 0 Å². The highest BCUT2D eigenvalue weighted by atomic mass is 79.9. The number of nitrogens with one attached hydrogen (secondary N) is 1. The quantitative estimate of drug-likeness (QED) is 0.624. The molecule has 2 unspecified atom stereocenters. The van der Waals surface area contributed by atoms with E-state index < -0.39 is 0 Å². The van der Waals surface area contributed by atoms with Crippen molar-refractivity contribution in [2.75, 3.05) is 0 Å². The minimum atomic E-state index is -0.0173. The van der Waals surface area contributed by atoms with Crippen molar-refractivity contribution in [3.8, 4) is 0 Å². The average molecular weight is 345 g/mol. The second kappa shape index (κ2) is 6.76. The fraction of sp³-hybridized carbons (Fsp3) is 0.533. The topological polar surface area (TPSA) is 29.1 Å². The minimum absolute atomic E-state index is 0.0173. The first-order valence-corrected chi connectivity index (χ1v) is 8.02. The summed E-state index contributed by atoms with van der Waals surface area (Å²) in [5, 5.41) is 3.16. The van der Waals surface area contributed by atoms with Gasteiger partial charge in [-0.3, -0.25) is 4.79 Å². The lowest BCUT2D eigenvalue weighted by Crippen LogP contribution is -2.40. The van der Waals surface area contributed by atoms with Gasteiger partial charge >= 0.3 is 0 Å². The van der Waals surface area contributed by atoms with Crippen molar-refractivity contribution < 1.29 is 4.79 Å². The van der Waals surface area contributed by atoms with E-state index in [0.29, 0.717) is 0 Å². The number of alkyl halides is 1. The Bertz CT molecular complexity index is 463. The van der Waals surface area contributed by atoms with Crippen molar-refractivity contribution in [2.24, 2.45) is 0 Å². The van der Waals surface area contributed by atoms with Crippen LogP contribution in [0.1, 0.15) is 48.0 Å². The van der Waals surface area contributed by atoms with Crippen LogP contribution < -0.4 is 5.32 Å². The van der Waals surface area contributed by atoms with Crippen molar-refractivity contribution in [3.05, 3.63) is 33.8 Å². The zero-order valence-corrected chi connectivity index (χ0v) is 13.4. The molecule has 1 saturated carbocycles. The van der Waals surface area contributed by atoms with Gasteiger partial charge in [-0.1, -0.05) is 41.3 Å². The molecule has 19 heavy (non-hydrogen) atoms. The van der Waals surface area contributed by atoms with Gasteiger partial charge in [0, 0.05) is 16.1 Å². The van der Waals surface area contributed by atoms with Gasteiger partial charge in [-0.15, -0.1) is 11.6 Å². The van der Waals surface area contributed by atoms with Crippen LogP contribution in [0.3, 0.4) is 0 Å². The molecule has 1 aromatic rings. The van der Waals surface area contributed by atoms with E-state index >= 15 is 0 Å². The fourth-order valence-corrected chi connectivity index (χ4v) is 3.23. The van der Waals surface area contributed by atoms with Crippen LogP contribution in [0.15, 0.2) is 22.7 Å². The van der Waals surface area contributed by atoms with Crippen LogP contribution >= 0.6 is 27.5 Å². The first kappa shape index (κ1) is 14.9. The monoisotopic (exact) mass is 343 g/mol. The summed E-state index contributed by atoms with van der Waals surface area (Å²) in [4.78, 5) is 12.4. The van der Waals surface area contributed by atoms with Gasteiger partial charge in [0.05, 0.1) is 5.38 Å². The van der Waals surface area contributed by atoms with Crippen LogP contribution in [0.4, 0.5) is 0 Å². The Balaban J connectivity index is 2.09. The Hall–Kier alpha value is -0.540. The third kappa shape index (κ3) is 3.73. The minimum Gasteiger partial charge on any atom is -0.348 e. The van der Waals surface area contributed by atoms with Crippen LogP contribution in [-0.4, -0.2) is 17.3 Å². The maximum atomic E-state index is 12.4. The molecule has 1 amide bonds. The lowest BCUT2D eigenvalue weighted by atomic mass is 10.1. The fourth-order valence-electron chi connectivity index (χ4n) is 2.52. The van der Waals surface area contributed by atoms with E-state index in [1.54, 1.807) is 0 Å². The van der Waals surface area contributed by atoms with Gasteiger partial charge in [0.15, 0.2) is 0 Å². The van der Waals surface area contributed by atoms with E-state index in [4.69, 9.17) is 11.6 Å². The highest BCUT2D eigenvalue weighted by Gasteiger charge is 2.24. The predicted molar refractivity (Wildman–Crippen MR) is 82.9 cm³/mol. The Labute approximate surface area is 128 Å².